The molecule has 2 aromatic carbocycles. The predicted molar refractivity (Wildman–Crippen MR) is 80.0 cm³/mol. The summed E-state index contributed by atoms with van der Waals surface area (Å²) in [5.41, 5.74) is 2.93. The molecule has 1 aliphatic rings. The van der Waals surface area contributed by atoms with E-state index in [1.54, 1.807) is 7.11 Å². The molecule has 3 aromatic rings. The molecule has 0 N–H and O–H groups in total. The highest BCUT2D eigenvalue weighted by molar-refractivity contribution is 5.74. The molecule has 0 fully saturated rings. The number of methoxy groups -OCH3 is 1. The minimum absolute atomic E-state index is 0.434. The third kappa shape index (κ3) is 1.94. The topological polar surface area (TPSA) is 31.6 Å². The van der Waals surface area contributed by atoms with Gasteiger partial charge in [0, 0.05) is 12.7 Å². The van der Waals surface area contributed by atoms with Gasteiger partial charge in [0.25, 0.3) is 0 Å². The first-order valence-corrected chi connectivity index (χ1v) is 6.85. The molecule has 4 rings (SSSR count). The Hall–Kier alpha value is -2.52. The van der Waals surface area contributed by atoms with Crippen LogP contribution in [0.25, 0.3) is 22.6 Å². The van der Waals surface area contributed by atoms with Crippen molar-refractivity contribution < 1.29 is 13.9 Å². The third-order valence-corrected chi connectivity index (χ3v) is 3.65. The molecule has 21 heavy (non-hydrogen) atoms. The van der Waals surface area contributed by atoms with E-state index in [1.165, 1.54) is 0 Å². The van der Waals surface area contributed by atoms with E-state index in [0.29, 0.717) is 0 Å². The fraction of sp³-hybridized carbons (Fsp3) is 0.111. The molecule has 0 aliphatic carbocycles. The molecule has 0 amide bonds. The van der Waals surface area contributed by atoms with Gasteiger partial charge in [0.05, 0.1) is 11.1 Å². The van der Waals surface area contributed by atoms with Gasteiger partial charge in [0.1, 0.15) is 17.3 Å². The molecule has 0 saturated heterocycles. The maximum Gasteiger partial charge on any atom is 0.230 e. The molecular weight excluding hydrogens is 264 g/mol. The number of hydrogen-bond donors (Lipinski definition) is 0. The molecule has 1 aliphatic heterocycles. The number of benzene rings is 2. The van der Waals surface area contributed by atoms with Gasteiger partial charge in [0.2, 0.25) is 6.29 Å². The summed E-state index contributed by atoms with van der Waals surface area (Å²) in [6, 6.07) is 19.9. The standard InChI is InChI=1S/C18H14O3/c1-19-18-14-11-16(12-7-3-2-4-8-12)20-17(14)13-9-5-6-10-15(13)21-18/h2-11,18H,1H3. The zero-order chi connectivity index (χ0) is 14.2. The molecule has 0 bridgehead atoms. The Kier molecular flexibility index (Phi) is 2.79. The van der Waals surface area contributed by atoms with E-state index in [9.17, 15) is 0 Å². The molecule has 0 spiro atoms. The number of para-hydroxylation sites is 1. The van der Waals surface area contributed by atoms with E-state index in [4.69, 9.17) is 13.9 Å². The Morgan fingerprint density at radius 2 is 1.71 bits per heavy atom. The fourth-order valence-corrected chi connectivity index (χ4v) is 2.65. The summed E-state index contributed by atoms with van der Waals surface area (Å²) in [6.07, 6.45) is -0.434. The van der Waals surface area contributed by atoms with Crippen molar-refractivity contribution in [2.45, 2.75) is 6.29 Å². The minimum Gasteiger partial charge on any atom is -0.460 e. The van der Waals surface area contributed by atoms with Crippen molar-refractivity contribution in [3.05, 3.63) is 66.2 Å². The predicted octanol–water partition coefficient (Wildman–Crippen LogP) is 4.65. The maximum atomic E-state index is 6.09. The highest BCUT2D eigenvalue weighted by Crippen LogP contribution is 2.45. The van der Waals surface area contributed by atoms with Crippen molar-refractivity contribution in [3.8, 4) is 28.4 Å². The van der Waals surface area contributed by atoms with Crippen molar-refractivity contribution in [2.24, 2.45) is 0 Å². The molecule has 1 aromatic heterocycles. The normalized spacial score (nSPS) is 16.0. The highest BCUT2D eigenvalue weighted by Gasteiger charge is 2.30. The van der Waals surface area contributed by atoms with Crippen LogP contribution >= 0.6 is 0 Å². The minimum atomic E-state index is -0.434. The van der Waals surface area contributed by atoms with Crippen molar-refractivity contribution in [1.29, 1.82) is 0 Å². The lowest BCUT2D eigenvalue weighted by Gasteiger charge is -2.23. The molecule has 1 atom stereocenters. The van der Waals surface area contributed by atoms with E-state index in [1.807, 2.05) is 60.7 Å². The van der Waals surface area contributed by atoms with Crippen molar-refractivity contribution in [1.82, 2.24) is 0 Å². The number of ether oxygens (including phenoxy) is 2. The monoisotopic (exact) mass is 278 g/mol. The average molecular weight is 278 g/mol. The summed E-state index contributed by atoms with van der Waals surface area (Å²) < 4.78 is 17.4. The number of furan rings is 1. The SMILES string of the molecule is COC1Oc2ccccc2-c2oc(-c3ccccc3)cc21. The summed E-state index contributed by atoms with van der Waals surface area (Å²) in [7, 11) is 1.64. The van der Waals surface area contributed by atoms with E-state index >= 15 is 0 Å². The smallest absolute Gasteiger partial charge is 0.230 e. The summed E-state index contributed by atoms with van der Waals surface area (Å²) in [6.45, 7) is 0. The molecule has 2 heterocycles. The van der Waals surface area contributed by atoms with Gasteiger partial charge in [-0.2, -0.15) is 0 Å². The maximum absolute atomic E-state index is 6.09. The Balaban J connectivity index is 1.90. The molecule has 0 saturated carbocycles. The van der Waals surface area contributed by atoms with Crippen LogP contribution in [0, 0.1) is 0 Å². The first-order valence-electron chi connectivity index (χ1n) is 6.85. The zero-order valence-corrected chi connectivity index (χ0v) is 11.6. The Morgan fingerprint density at radius 1 is 0.952 bits per heavy atom. The van der Waals surface area contributed by atoms with Crippen LogP contribution in [0.3, 0.4) is 0 Å². The van der Waals surface area contributed by atoms with Gasteiger partial charge in [0.15, 0.2) is 0 Å². The Morgan fingerprint density at radius 3 is 2.52 bits per heavy atom. The van der Waals surface area contributed by atoms with Crippen LogP contribution < -0.4 is 4.74 Å². The molecule has 3 nitrogen and oxygen atoms in total. The molecule has 0 radical (unpaired) electrons. The van der Waals surface area contributed by atoms with E-state index < -0.39 is 6.29 Å². The second-order valence-electron chi connectivity index (χ2n) is 4.94. The summed E-state index contributed by atoms with van der Waals surface area (Å²) in [5, 5.41) is 0. The van der Waals surface area contributed by atoms with Crippen molar-refractivity contribution in [2.75, 3.05) is 7.11 Å². The van der Waals surface area contributed by atoms with Gasteiger partial charge >= 0.3 is 0 Å². The van der Waals surface area contributed by atoms with E-state index in [0.717, 1.165) is 34.0 Å². The lowest BCUT2D eigenvalue weighted by atomic mass is 10.0. The van der Waals surface area contributed by atoms with Crippen molar-refractivity contribution in [3.63, 3.8) is 0 Å². The number of hydrogen-bond acceptors (Lipinski definition) is 3. The second-order valence-corrected chi connectivity index (χ2v) is 4.94. The van der Waals surface area contributed by atoms with Gasteiger partial charge in [-0.15, -0.1) is 0 Å². The second kappa shape index (κ2) is 4.79. The first kappa shape index (κ1) is 12.2. The molecule has 1 unspecified atom stereocenters. The Labute approximate surface area is 122 Å². The van der Waals surface area contributed by atoms with Crippen LogP contribution in [0.4, 0.5) is 0 Å². The lowest BCUT2D eigenvalue weighted by Crippen LogP contribution is -2.14. The van der Waals surface area contributed by atoms with Crippen LogP contribution in [-0.2, 0) is 4.74 Å². The van der Waals surface area contributed by atoms with Gasteiger partial charge in [-0.25, -0.2) is 0 Å². The quantitative estimate of drug-likeness (QED) is 0.683. The third-order valence-electron chi connectivity index (χ3n) is 3.65. The van der Waals surface area contributed by atoms with Crippen LogP contribution in [0.15, 0.2) is 65.1 Å². The molecule has 3 heteroatoms. The zero-order valence-electron chi connectivity index (χ0n) is 11.6. The van der Waals surface area contributed by atoms with Gasteiger partial charge in [-0.1, -0.05) is 42.5 Å². The van der Waals surface area contributed by atoms with E-state index in [2.05, 4.69) is 0 Å². The van der Waals surface area contributed by atoms with Crippen LogP contribution in [0.5, 0.6) is 5.75 Å². The van der Waals surface area contributed by atoms with Crippen LogP contribution in [0.2, 0.25) is 0 Å². The van der Waals surface area contributed by atoms with Crippen LogP contribution in [-0.4, -0.2) is 7.11 Å². The summed E-state index contributed by atoms with van der Waals surface area (Å²) >= 11 is 0. The number of rotatable bonds is 2. The summed E-state index contributed by atoms with van der Waals surface area (Å²) in [4.78, 5) is 0. The van der Waals surface area contributed by atoms with Crippen molar-refractivity contribution >= 4 is 0 Å². The Bertz CT molecular complexity index is 774. The molecule has 104 valence electrons. The fourth-order valence-electron chi connectivity index (χ4n) is 2.65. The summed E-state index contributed by atoms with van der Waals surface area (Å²) in [5.74, 6) is 2.43. The number of fused-ring (bicyclic) bond motifs is 3. The largest absolute Gasteiger partial charge is 0.460 e. The van der Waals surface area contributed by atoms with Gasteiger partial charge < -0.3 is 13.9 Å². The first-order chi connectivity index (χ1) is 10.4. The van der Waals surface area contributed by atoms with Crippen LogP contribution in [0.1, 0.15) is 11.9 Å². The van der Waals surface area contributed by atoms with E-state index in [-0.39, 0.29) is 0 Å². The average Bonchev–Trinajstić information content (AvgIpc) is 3.00. The lowest BCUT2D eigenvalue weighted by molar-refractivity contribution is -0.0583. The van der Waals surface area contributed by atoms with Gasteiger partial charge in [-0.3, -0.25) is 0 Å². The van der Waals surface area contributed by atoms with Gasteiger partial charge in [-0.05, 0) is 18.2 Å². The highest BCUT2D eigenvalue weighted by atomic mass is 16.7. The molecular formula is C18H14O3.